The maximum Gasteiger partial charge on any atom is 0.172 e. The van der Waals surface area contributed by atoms with Crippen molar-refractivity contribution in [2.75, 3.05) is 0 Å². The molecule has 0 fully saturated rings. The number of nitrogens with zero attached hydrogens (tertiary/aromatic N) is 4. The highest BCUT2D eigenvalue weighted by molar-refractivity contribution is 6.32. The van der Waals surface area contributed by atoms with Gasteiger partial charge in [-0.2, -0.15) is 10.4 Å². The fourth-order valence-electron chi connectivity index (χ4n) is 1.44. The van der Waals surface area contributed by atoms with E-state index in [0.717, 1.165) is 12.1 Å². The van der Waals surface area contributed by atoms with E-state index in [1.54, 1.807) is 29.1 Å². The van der Waals surface area contributed by atoms with Gasteiger partial charge in [-0.1, -0.05) is 18.5 Å². The Labute approximate surface area is 98.1 Å². The number of hydrogen-bond acceptors (Lipinski definition) is 3. The smallest absolute Gasteiger partial charge is 0.172 e. The van der Waals surface area contributed by atoms with Crippen LogP contribution in [0.4, 0.5) is 0 Å². The number of halogens is 1. The van der Waals surface area contributed by atoms with E-state index < -0.39 is 0 Å². The Morgan fingerprint density at radius 3 is 3.00 bits per heavy atom. The van der Waals surface area contributed by atoms with Gasteiger partial charge in [0.1, 0.15) is 6.07 Å². The molecule has 0 radical (unpaired) electrons. The van der Waals surface area contributed by atoms with Crippen LogP contribution in [0.1, 0.15) is 18.3 Å². The summed E-state index contributed by atoms with van der Waals surface area (Å²) >= 11 is 6.03. The highest BCUT2D eigenvalue weighted by Crippen LogP contribution is 2.19. The molecule has 0 atom stereocenters. The van der Waals surface area contributed by atoms with Crippen molar-refractivity contribution < 1.29 is 0 Å². The standard InChI is InChI=1S/C11H9ClN4/c1-2-9-6-8(7-13)15-16(9)11-10(12)4-3-5-14-11/h3-6H,2H2,1H3. The Morgan fingerprint density at radius 2 is 2.38 bits per heavy atom. The molecule has 0 aliphatic rings. The molecule has 0 aromatic carbocycles. The highest BCUT2D eigenvalue weighted by atomic mass is 35.5. The van der Waals surface area contributed by atoms with Crippen LogP contribution >= 0.6 is 11.6 Å². The zero-order valence-corrected chi connectivity index (χ0v) is 9.44. The molecule has 2 rings (SSSR count). The molecule has 2 heterocycles. The Morgan fingerprint density at radius 1 is 1.56 bits per heavy atom. The first-order chi connectivity index (χ1) is 7.76. The lowest BCUT2D eigenvalue weighted by atomic mass is 10.3. The summed E-state index contributed by atoms with van der Waals surface area (Å²) < 4.78 is 1.61. The van der Waals surface area contributed by atoms with Crippen LogP contribution in [-0.2, 0) is 6.42 Å². The van der Waals surface area contributed by atoms with Gasteiger partial charge in [0.25, 0.3) is 0 Å². The third-order valence-corrected chi connectivity index (χ3v) is 2.49. The van der Waals surface area contributed by atoms with Crippen LogP contribution in [-0.4, -0.2) is 14.8 Å². The van der Waals surface area contributed by atoms with Gasteiger partial charge in [0, 0.05) is 11.9 Å². The highest BCUT2D eigenvalue weighted by Gasteiger charge is 2.11. The first-order valence-electron chi connectivity index (χ1n) is 4.86. The predicted molar refractivity (Wildman–Crippen MR) is 60.5 cm³/mol. The summed E-state index contributed by atoms with van der Waals surface area (Å²) in [5.41, 5.74) is 1.29. The molecule has 0 bridgehead atoms. The van der Waals surface area contributed by atoms with Crippen molar-refractivity contribution in [3.63, 3.8) is 0 Å². The molecule has 4 nitrogen and oxygen atoms in total. The van der Waals surface area contributed by atoms with Gasteiger partial charge in [-0.3, -0.25) is 0 Å². The van der Waals surface area contributed by atoms with E-state index in [0.29, 0.717) is 16.5 Å². The van der Waals surface area contributed by atoms with Crippen molar-refractivity contribution >= 4 is 11.6 Å². The molecule has 2 aromatic heterocycles. The SMILES string of the molecule is CCc1cc(C#N)nn1-c1ncccc1Cl. The number of aromatic nitrogens is 3. The lowest BCUT2D eigenvalue weighted by molar-refractivity contribution is 0.786. The summed E-state index contributed by atoms with van der Waals surface area (Å²) in [6.45, 7) is 1.99. The largest absolute Gasteiger partial charge is 0.236 e. The second-order valence-corrected chi connectivity index (χ2v) is 3.61. The van der Waals surface area contributed by atoms with Crippen molar-refractivity contribution in [1.82, 2.24) is 14.8 Å². The first kappa shape index (κ1) is 10.7. The molecule has 0 aliphatic heterocycles. The molecule has 5 heteroatoms. The molecule has 0 saturated carbocycles. The average molecular weight is 233 g/mol. The predicted octanol–water partition coefficient (Wildman–Crippen LogP) is 2.35. The maximum absolute atomic E-state index is 8.81. The van der Waals surface area contributed by atoms with Crippen molar-refractivity contribution in [2.24, 2.45) is 0 Å². The van der Waals surface area contributed by atoms with Crippen LogP contribution in [0.15, 0.2) is 24.4 Å². The van der Waals surface area contributed by atoms with Gasteiger partial charge in [0.05, 0.1) is 5.02 Å². The van der Waals surface area contributed by atoms with E-state index in [2.05, 4.69) is 10.1 Å². The van der Waals surface area contributed by atoms with Crippen LogP contribution in [0, 0.1) is 11.3 Å². The number of aryl methyl sites for hydroxylation is 1. The van der Waals surface area contributed by atoms with Crippen molar-refractivity contribution in [2.45, 2.75) is 13.3 Å². The van der Waals surface area contributed by atoms with Gasteiger partial charge in [0.2, 0.25) is 0 Å². The van der Waals surface area contributed by atoms with Crippen molar-refractivity contribution in [1.29, 1.82) is 5.26 Å². The van der Waals surface area contributed by atoms with E-state index in [9.17, 15) is 0 Å². The Bertz CT molecular complexity index is 553. The molecule has 0 spiro atoms. The molecule has 0 unspecified atom stereocenters. The molecule has 80 valence electrons. The van der Waals surface area contributed by atoms with Crippen LogP contribution < -0.4 is 0 Å². The van der Waals surface area contributed by atoms with Crippen LogP contribution in [0.5, 0.6) is 0 Å². The number of nitriles is 1. The van der Waals surface area contributed by atoms with E-state index in [4.69, 9.17) is 16.9 Å². The third-order valence-electron chi connectivity index (χ3n) is 2.20. The molecule has 2 aromatic rings. The second-order valence-electron chi connectivity index (χ2n) is 3.21. The molecular weight excluding hydrogens is 224 g/mol. The number of pyridine rings is 1. The van der Waals surface area contributed by atoms with Crippen molar-refractivity contribution in [3.8, 4) is 11.9 Å². The monoisotopic (exact) mass is 232 g/mol. The summed E-state index contributed by atoms with van der Waals surface area (Å²) in [5, 5.41) is 13.5. The van der Waals surface area contributed by atoms with Crippen LogP contribution in [0.2, 0.25) is 5.02 Å². The lowest BCUT2D eigenvalue weighted by Gasteiger charge is -2.05. The Kier molecular flexibility index (Phi) is 2.88. The summed E-state index contributed by atoms with van der Waals surface area (Å²) in [6.07, 6.45) is 2.41. The molecule has 0 N–H and O–H groups in total. The first-order valence-corrected chi connectivity index (χ1v) is 5.24. The zero-order valence-electron chi connectivity index (χ0n) is 8.68. The fourth-order valence-corrected chi connectivity index (χ4v) is 1.64. The average Bonchev–Trinajstić information content (AvgIpc) is 2.72. The normalized spacial score (nSPS) is 10.1. The van der Waals surface area contributed by atoms with E-state index in [1.165, 1.54) is 0 Å². The van der Waals surface area contributed by atoms with Gasteiger partial charge in [0.15, 0.2) is 11.5 Å². The quantitative estimate of drug-likeness (QED) is 0.799. The summed E-state index contributed by atoms with van der Waals surface area (Å²) in [5.74, 6) is 0.558. The zero-order chi connectivity index (χ0) is 11.5. The van der Waals surface area contributed by atoms with E-state index in [-0.39, 0.29) is 0 Å². The minimum absolute atomic E-state index is 0.374. The summed E-state index contributed by atoms with van der Waals surface area (Å²) in [6, 6.07) is 7.25. The van der Waals surface area contributed by atoms with E-state index >= 15 is 0 Å². The number of hydrogen-bond donors (Lipinski definition) is 0. The van der Waals surface area contributed by atoms with Crippen LogP contribution in [0.3, 0.4) is 0 Å². The lowest BCUT2D eigenvalue weighted by Crippen LogP contribution is -2.04. The summed E-state index contributed by atoms with van der Waals surface area (Å²) in [7, 11) is 0. The Hall–Kier alpha value is -1.86. The van der Waals surface area contributed by atoms with Gasteiger partial charge >= 0.3 is 0 Å². The fraction of sp³-hybridized carbons (Fsp3) is 0.182. The molecular formula is C11H9ClN4. The minimum atomic E-state index is 0.374. The molecule has 0 amide bonds. The van der Waals surface area contributed by atoms with Gasteiger partial charge in [-0.05, 0) is 24.6 Å². The van der Waals surface area contributed by atoms with Gasteiger partial charge in [-0.25, -0.2) is 9.67 Å². The molecule has 0 aliphatic carbocycles. The van der Waals surface area contributed by atoms with E-state index in [1.807, 2.05) is 13.0 Å². The van der Waals surface area contributed by atoms with Crippen LogP contribution in [0.25, 0.3) is 5.82 Å². The minimum Gasteiger partial charge on any atom is -0.236 e. The van der Waals surface area contributed by atoms with Gasteiger partial charge in [-0.15, -0.1) is 0 Å². The topological polar surface area (TPSA) is 54.5 Å². The number of rotatable bonds is 2. The third kappa shape index (κ3) is 1.77. The van der Waals surface area contributed by atoms with Gasteiger partial charge < -0.3 is 0 Å². The summed E-state index contributed by atoms with van der Waals surface area (Å²) in [4.78, 5) is 4.16. The Balaban J connectivity index is 2.60. The second kappa shape index (κ2) is 4.33. The maximum atomic E-state index is 8.81. The molecule has 0 saturated heterocycles. The van der Waals surface area contributed by atoms with Crippen molar-refractivity contribution in [3.05, 3.63) is 40.8 Å². The molecule has 16 heavy (non-hydrogen) atoms.